The van der Waals surface area contributed by atoms with Crippen LogP contribution < -0.4 is 16.0 Å². The first-order valence-corrected chi connectivity index (χ1v) is 11.1. The van der Waals surface area contributed by atoms with E-state index < -0.39 is 5.82 Å². The Bertz CT molecular complexity index is 917. The van der Waals surface area contributed by atoms with Gasteiger partial charge < -0.3 is 20.7 Å². The van der Waals surface area contributed by atoms with Crippen molar-refractivity contribution < 1.29 is 13.9 Å². The molecule has 0 saturated carbocycles. The quantitative estimate of drug-likeness (QED) is 0.625. The number of aromatic nitrogens is 2. The summed E-state index contributed by atoms with van der Waals surface area (Å²) in [6.07, 6.45) is 4.87. The predicted molar refractivity (Wildman–Crippen MR) is 119 cm³/mol. The number of carbonyl (C=O) groups excluding carboxylic acids is 1. The summed E-state index contributed by atoms with van der Waals surface area (Å²) in [4.78, 5) is 21.1. The minimum Gasteiger partial charge on any atom is -0.381 e. The lowest BCUT2D eigenvalue weighted by Gasteiger charge is -2.22. The largest absolute Gasteiger partial charge is 0.381 e. The van der Waals surface area contributed by atoms with E-state index >= 15 is 0 Å². The third kappa shape index (κ3) is 5.70. The fourth-order valence-corrected chi connectivity index (χ4v) is 4.13. The van der Waals surface area contributed by atoms with Gasteiger partial charge in [-0.05, 0) is 56.3 Å². The van der Waals surface area contributed by atoms with E-state index in [-0.39, 0.29) is 23.2 Å². The maximum Gasteiger partial charge on any atom is 0.229 e. The SMILES string of the molecule is O=C(Nc1cc(-c2nc(NCC3CCOCC3)ccc2Cl)c(F)cn1)[C@@H]1CCCNC1. The van der Waals surface area contributed by atoms with Gasteiger partial charge in [-0.15, -0.1) is 0 Å². The molecule has 0 aliphatic carbocycles. The Morgan fingerprint density at radius 2 is 2.10 bits per heavy atom. The fourth-order valence-electron chi connectivity index (χ4n) is 3.92. The molecule has 7 nitrogen and oxygen atoms in total. The van der Waals surface area contributed by atoms with Crippen LogP contribution in [0.3, 0.4) is 0 Å². The molecular weight excluding hydrogens is 421 g/mol. The summed E-state index contributed by atoms with van der Waals surface area (Å²) < 4.78 is 20.0. The van der Waals surface area contributed by atoms with E-state index in [1.807, 2.05) is 0 Å². The van der Waals surface area contributed by atoms with Crippen LogP contribution in [0.5, 0.6) is 0 Å². The summed E-state index contributed by atoms with van der Waals surface area (Å²) in [5.74, 6) is 0.634. The van der Waals surface area contributed by atoms with Crippen molar-refractivity contribution in [2.75, 3.05) is 43.5 Å². The summed E-state index contributed by atoms with van der Waals surface area (Å²) in [5.41, 5.74) is 0.514. The Morgan fingerprint density at radius 3 is 2.87 bits per heavy atom. The molecule has 0 radical (unpaired) electrons. The van der Waals surface area contributed by atoms with Crippen LogP contribution in [0.15, 0.2) is 24.4 Å². The molecule has 2 aliphatic heterocycles. The zero-order valence-corrected chi connectivity index (χ0v) is 18.1. The number of nitrogens with one attached hydrogen (secondary N) is 3. The third-order valence-electron chi connectivity index (χ3n) is 5.79. The molecule has 166 valence electrons. The molecule has 2 aromatic rings. The standard InChI is InChI=1S/C22H27ClFN5O2/c23-17-3-4-19(26-11-14-5-8-31-9-6-14)28-21(17)16-10-20(27-13-18(16)24)29-22(30)15-2-1-7-25-12-15/h3-4,10,13-15,25H,1-2,5-9,11-12H2,(H,26,28)(H,27,29,30)/t15-/m1/s1. The zero-order valence-electron chi connectivity index (χ0n) is 17.3. The molecule has 2 saturated heterocycles. The minimum absolute atomic E-state index is 0.122. The average molecular weight is 448 g/mol. The van der Waals surface area contributed by atoms with Gasteiger partial charge in [-0.2, -0.15) is 0 Å². The van der Waals surface area contributed by atoms with E-state index in [0.29, 0.717) is 29.0 Å². The number of anilines is 2. The second-order valence-corrected chi connectivity index (χ2v) is 8.45. The summed E-state index contributed by atoms with van der Waals surface area (Å²) in [7, 11) is 0. The monoisotopic (exact) mass is 447 g/mol. The number of carbonyl (C=O) groups is 1. The van der Waals surface area contributed by atoms with E-state index in [0.717, 1.165) is 58.2 Å². The summed E-state index contributed by atoms with van der Waals surface area (Å²) >= 11 is 6.34. The molecule has 0 spiro atoms. The molecule has 0 aromatic carbocycles. The number of ether oxygens (including phenoxy) is 1. The van der Waals surface area contributed by atoms with Crippen molar-refractivity contribution in [3.63, 3.8) is 0 Å². The lowest BCUT2D eigenvalue weighted by molar-refractivity contribution is -0.120. The van der Waals surface area contributed by atoms with Gasteiger partial charge in [0.15, 0.2) is 5.82 Å². The topological polar surface area (TPSA) is 88.2 Å². The van der Waals surface area contributed by atoms with Crippen molar-refractivity contribution in [1.82, 2.24) is 15.3 Å². The molecule has 3 N–H and O–H groups in total. The van der Waals surface area contributed by atoms with Gasteiger partial charge in [0.25, 0.3) is 0 Å². The summed E-state index contributed by atoms with van der Waals surface area (Å²) in [6.45, 7) is 3.88. The fraction of sp³-hybridized carbons (Fsp3) is 0.500. The zero-order chi connectivity index (χ0) is 21.6. The van der Waals surface area contributed by atoms with Crippen LogP contribution >= 0.6 is 11.6 Å². The molecule has 0 unspecified atom stereocenters. The maximum atomic E-state index is 14.6. The van der Waals surface area contributed by atoms with Gasteiger partial charge in [-0.3, -0.25) is 4.79 Å². The number of amides is 1. The minimum atomic E-state index is -0.548. The van der Waals surface area contributed by atoms with E-state index in [2.05, 4.69) is 25.9 Å². The van der Waals surface area contributed by atoms with Gasteiger partial charge >= 0.3 is 0 Å². The van der Waals surface area contributed by atoms with Gasteiger partial charge in [0.2, 0.25) is 5.91 Å². The number of nitrogens with zero attached hydrogens (tertiary/aromatic N) is 2. The summed E-state index contributed by atoms with van der Waals surface area (Å²) in [5, 5.41) is 9.66. The maximum absolute atomic E-state index is 14.6. The first-order chi connectivity index (χ1) is 15.1. The van der Waals surface area contributed by atoms with E-state index in [9.17, 15) is 9.18 Å². The molecule has 4 rings (SSSR count). The van der Waals surface area contributed by atoms with Crippen molar-refractivity contribution >= 4 is 29.1 Å². The van der Waals surface area contributed by atoms with Crippen LogP contribution in [-0.4, -0.2) is 48.7 Å². The van der Waals surface area contributed by atoms with Crippen LogP contribution in [0, 0.1) is 17.7 Å². The molecular formula is C22H27ClFN5O2. The molecule has 9 heteroatoms. The Kier molecular flexibility index (Phi) is 7.32. The normalized spacial score (nSPS) is 19.7. The predicted octanol–water partition coefficient (Wildman–Crippen LogP) is 3.71. The van der Waals surface area contributed by atoms with E-state index in [1.54, 1.807) is 12.1 Å². The molecule has 1 amide bonds. The van der Waals surface area contributed by atoms with Crippen LogP contribution in [-0.2, 0) is 9.53 Å². The number of rotatable bonds is 6. The second kappa shape index (κ2) is 10.3. The van der Waals surface area contributed by atoms with Gasteiger partial charge in [0.05, 0.1) is 22.8 Å². The molecule has 2 fully saturated rings. The molecule has 0 bridgehead atoms. The Labute approximate surface area is 186 Å². The Morgan fingerprint density at radius 1 is 1.26 bits per heavy atom. The van der Waals surface area contributed by atoms with Crippen molar-refractivity contribution in [2.24, 2.45) is 11.8 Å². The van der Waals surface area contributed by atoms with Crippen molar-refractivity contribution in [3.05, 3.63) is 35.2 Å². The first kappa shape index (κ1) is 21.9. The van der Waals surface area contributed by atoms with E-state index in [4.69, 9.17) is 16.3 Å². The first-order valence-electron chi connectivity index (χ1n) is 10.8. The van der Waals surface area contributed by atoms with Crippen LogP contribution in [0.25, 0.3) is 11.3 Å². The highest BCUT2D eigenvalue weighted by molar-refractivity contribution is 6.33. The van der Waals surface area contributed by atoms with Crippen LogP contribution in [0.1, 0.15) is 25.7 Å². The second-order valence-electron chi connectivity index (χ2n) is 8.05. The van der Waals surface area contributed by atoms with Crippen LogP contribution in [0.4, 0.5) is 16.0 Å². The number of hydrogen-bond donors (Lipinski definition) is 3. The van der Waals surface area contributed by atoms with E-state index in [1.165, 1.54) is 6.07 Å². The number of piperidine rings is 1. The van der Waals surface area contributed by atoms with Crippen molar-refractivity contribution in [3.8, 4) is 11.3 Å². The lowest BCUT2D eigenvalue weighted by atomic mass is 9.99. The number of halogens is 2. The molecule has 4 heterocycles. The lowest BCUT2D eigenvalue weighted by Crippen LogP contribution is -2.37. The highest BCUT2D eigenvalue weighted by Gasteiger charge is 2.22. The van der Waals surface area contributed by atoms with Crippen molar-refractivity contribution in [1.29, 1.82) is 0 Å². The molecule has 31 heavy (non-hydrogen) atoms. The third-order valence-corrected chi connectivity index (χ3v) is 6.09. The van der Waals surface area contributed by atoms with Gasteiger partial charge in [-0.25, -0.2) is 14.4 Å². The highest BCUT2D eigenvalue weighted by atomic mass is 35.5. The van der Waals surface area contributed by atoms with Gasteiger partial charge in [0, 0.05) is 31.9 Å². The number of hydrogen-bond acceptors (Lipinski definition) is 6. The smallest absolute Gasteiger partial charge is 0.229 e. The highest BCUT2D eigenvalue weighted by Crippen LogP contribution is 2.31. The molecule has 2 aliphatic rings. The van der Waals surface area contributed by atoms with Gasteiger partial charge in [0.1, 0.15) is 11.6 Å². The molecule has 2 aromatic heterocycles. The number of pyridine rings is 2. The van der Waals surface area contributed by atoms with Crippen molar-refractivity contribution in [2.45, 2.75) is 25.7 Å². The Hall–Kier alpha value is -2.29. The average Bonchev–Trinajstić information content (AvgIpc) is 2.81. The Balaban J connectivity index is 1.49. The van der Waals surface area contributed by atoms with Crippen LogP contribution in [0.2, 0.25) is 5.02 Å². The molecule has 1 atom stereocenters. The van der Waals surface area contributed by atoms with Gasteiger partial charge in [-0.1, -0.05) is 11.6 Å². The summed E-state index contributed by atoms with van der Waals surface area (Å²) in [6, 6.07) is 4.96.